The van der Waals surface area contributed by atoms with Crippen molar-refractivity contribution in [3.8, 4) is 5.75 Å². The van der Waals surface area contributed by atoms with E-state index in [4.69, 9.17) is 4.74 Å². The van der Waals surface area contributed by atoms with Gasteiger partial charge in [0, 0.05) is 16.9 Å². The van der Waals surface area contributed by atoms with E-state index in [0.29, 0.717) is 5.75 Å². The summed E-state index contributed by atoms with van der Waals surface area (Å²) in [6.07, 6.45) is 0.246. The van der Waals surface area contributed by atoms with Gasteiger partial charge >= 0.3 is 0 Å². The molecule has 0 amide bonds. The zero-order chi connectivity index (χ0) is 13.8. The normalized spacial score (nSPS) is 12.4. The summed E-state index contributed by atoms with van der Waals surface area (Å²) < 4.78 is 10.5. The molecule has 0 aliphatic heterocycles. The predicted octanol–water partition coefficient (Wildman–Crippen LogP) is 3.31. The lowest BCUT2D eigenvalue weighted by atomic mass is 10.1. The molecule has 2 rings (SSSR count). The molecule has 0 radical (unpaired) electrons. The van der Waals surface area contributed by atoms with Crippen LogP contribution in [0.2, 0.25) is 0 Å². The van der Waals surface area contributed by atoms with Gasteiger partial charge in [-0.05, 0) is 30.6 Å². The molecule has 0 saturated heterocycles. The summed E-state index contributed by atoms with van der Waals surface area (Å²) in [5.41, 5.74) is 0.795. The number of hydrogen-bond acceptors (Lipinski definition) is 6. The summed E-state index contributed by atoms with van der Waals surface area (Å²) in [6.45, 7) is 3.77. The molecule has 1 aromatic carbocycles. The molecule has 0 fully saturated rings. The fourth-order valence-corrected chi connectivity index (χ4v) is 3.62. The lowest BCUT2D eigenvalue weighted by molar-refractivity contribution is 0.191. The van der Waals surface area contributed by atoms with Crippen LogP contribution in [0.1, 0.15) is 31.3 Å². The molecular weight excluding hydrogens is 280 g/mol. The number of aliphatic hydroxyl groups excluding tert-OH is 1. The number of rotatable bonds is 5. The molecule has 2 aromatic rings. The van der Waals surface area contributed by atoms with Crippen LogP contribution in [0.5, 0.6) is 5.75 Å². The van der Waals surface area contributed by atoms with Crippen LogP contribution in [-0.4, -0.2) is 21.6 Å². The van der Waals surface area contributed by atoms with Gasteiger partial charge in [0.2, 0.25) is 0 Å². The van der Waals surface area contributed by atoms with Gasteiger partial charge in [-0.15, -0.1) is 0 Å². The Kier molecular flexibility index (Phi) is 4.79. The van der Waals surface area contributed by atoms with Crippen LogP contribution in [-0.2, 0) is 6.42 Å². The maximum atomic E-state index is 9.92. The molecular formula is C13H16N2O2S2. The fraction of sp³-hybridized carbons (Fsp3) is 0.385. The van der Waals surface area contributed by atoms with Gasteiger partial charge in [0.05, 0.1) is 13.2 Å². The Morgan fingerprint density at radius 3 is 2.84 bits per heavy atom. The van der Waals surface area contributed by atoms with E-state index in [2.05, 4.69) is 9.36 Å². The first-order chi connectivity index (χ1) is 9.15. The number of hydrogen-bond donors (Lipinski definition) is 1. The number of aromatic nitrogens is 2. The number of nitrogens with zero attached hydrogens (tertiary/aromatic N) is 2. The first-order valence-corrected chi connectivity index (χ1v) is 7.60. The highest BCUT2D eigenvalue weighted by Gasteiger charge is 2.16. The quantitative estimate of drug-likeness (QED) is 0.917. The van der Waals surface area contributed by atoms with Crippen molar-refractivity contribution in [3.05, 3.63) is 29.6 Å². The molecule has 0 saturated carbocycles. The van der Waals surface area contributed by atoms with Crippen molar-refractivity contribution in [1.82, 2.24) is 9.36 Å². The van der Waals surface area contributed by atoms with E-state index in [9.17, 15) is 5.11 Å². The smallest absolute Gasteiger partial charge is 0.174 e. The summed E-state index contributed by atoms with van der Waals surface area (Å²) in [4.78, 5) is 5.38. The molecule has 6 heteroatoms. The van der Waals surface area contributed by atoms with E-state index in [0.717, 1.165) is 27.0 Å². The van der Waals surface area contributed by atoms with Gasteiger partial charge < -0.3 is 9.84 Å². The van der Waals surface area contributed by atoms with E-state index in [-0.39, 0.29) is 0 Å². The monoisotopic (exact) mass is 296 g/mol. The first-order valence-electron chi connectivity index (χ1n) is 6.01. The number of aryl methyl sites for hydroxylation is 1. The van der Waals surface area contributed by atoms with Crippen molar-refractivity contribution >= 4 is 23.3 Å². The van der Waals surface area contributed by atoms with Gasteiger partial charge in [0.15, 0.2) is 4.34 Å². The molecule has 0 aliphatic rings. The zero-order valence-electron chi connectivity index (χ0n) is 11.1. The number of ether oxygens (including phenoxy) is 1. The zero-order valence-corrected chi connectivity index (χ0v) is 12.7. The second-order valence-corrected chi connectivity index (χ2v) is 6.02. The van der Waals surface area contributed by atoms with Crippen LogP contribution in [0.15, 0.2) is 27.4 Å². The molecule has 1 heterocycles. The molecule has 0 bridgehead atoms. The highest BCUT2D eigenvalue weighted by Crippen LogP contribution is 2.38. The number of aliphatic hydroxyl groups is 1. The van der Waals surface area contributed by atoms with Gasteiger partial charge in [-0.2, -0.15) is 4.37 Å². The van der Waals surface area contributed by atoms with Crippen molar-refractivity contribution in [3.63, 3.8) is 0 Å². The Balaban J connectivity index is 2.33. The summed E-state index contributed by atoms with van der Waals surface area (Å²) in [5.74, 6) is 1.55. The molecule has 1 aromatic heterocycles. The van der Waals surface area contributed by atoms with Crippen LogP contribution < -0.4 is 4.74 Å². The predicted molar refractivity (Wildman–Crippen MR) is 77.0 cm³/mol. The molecule has 0 aliphatic carbocycles. The standard InChI is InChI=1S/C13H16N2O2S2/c1-4-11-14-13(19-15-11)18-10-7-5-6-9(17-3)12(10)8(2)16/h5-8,16H,4H2,1-3H3/t8-/m1/s1. The molecule has 19 heavy (non-hydrogen) atoms. The van der Waals surface area contributed by atoms with E-state index < -0.39 is 6.10 Å². The van der Waals surface area contributed by atoms with Crippen molar-refractivity contribution in [2.45, 2.75) is 35.6 Å². The highest BCUT2D eigenvalue weighted by atomic mass is 32.2. The maximum Gasteiger partial charge on any atom is 0.174 e. The highest BCUT2D eigenvalue weighted by molar-refractivity contribution is 8.01. The largest absolute Gasteiger partial charge is 0.496 e. The first kappa shape index (κ1) is 14.3. The number of methoxy groups -OCH3 is 1. The lowest BCUT2D eigenvalue weighted by Crippen LogP contribution is -1.98. The van der Waals surface area contributed by atoms with Gasteiger partial charge in [0.25, 0.3) is 0 Å². The van der Waals surface area contributed by atoms with Crippen molar-refractivity contribution < 1.29 is 9.84 Å². The molecule has 0 unspecified atom stereocenters. The van der Waals surface area contributed by atoms with Crippen molar-refractivity contribution in [2.75, 3.05) is 7.11 Å². The summed E-state index contributed by atoms with van der Waals surface area (Å²) in [5, 5.41) is 9.92. The van der Waals surface area contributed by atoms with Crippen LogP contribution in [0.4, 0.5) is 0 Å². The Bertz CT molecular complexity index is 555. The maximum absolute atomic E-state index is 9.92. The molecule has 4 nitrogen and oxygen atoms in total. The summed E-state index contributed by atoms with van der Waals surface area (Å²) in [6, 6.07) is 5.72. The Morgan fingerprint density at radius 1 is 1.47 bits per heavy atom. The third-order valence-electron chi connectivity index (χ3n) is 2.63. The summed E-state index contributed by atoms with van der Waals surface area (Å²) in [7, 11) is 1.61. The summed E-state index contributed by atoms with van der Waals surface area (Å²) >= 11 is 2.90. The van der Waals surface area contributed by atoms with Gasteiger partial charge in [-0.1, -0.05) is 24.8 Å². The molecule has 0 spiro atoms. The Morgan fingerprint density at radius 2 is 2.26 bits per heavy atom. The minimum atomic E-state index is -0.586. The van der Waals surface area contributed by atoms with E-state index in [1.54, 1.807) is 14.0 Å². The topological polar surface area (TPSA) is 55.2 Å². The van der Waals surface area contributed by atoms with E-state index >= 15 is 0 Å². The van der Waals surface area contributed by atoms with E-state index in [1.165, 1.54) is 23.3 Å². The van der Waals surface area contributed by atoms with Crippen molar-refractivity contribution in [1.29, 1.82) is 0 Å². The lowest BCUT2D eigenvalue weighted by Gasteiger charge is -2.14. The van der Waals surface area contributed by atoms with Gasteiger partial charge in [-0.3, -0.25) is 0 Å². The second kappa shape index (κ2) is 6.36. The van der Waals surface area contributed by atoms with Crippen LogP contribution >= 0.6 is 23.3 Å². The van der Waals surface area contributed by atoms with Crippen LogP contribution in [0, 0.1) is 0 Å². The van der Waals surface area contributed by atoms with Gasteiger partial charge in [0.1, 0.15) is 11.6 Å². The minimum Gasteiger partial charge on any atom is -0.496 e. The van der Waals surface area contributed by atoms with Crippen LogP contribution in [0.3, 0.4) is 0 Å². The second-order valence-electron chi connectivity index (χ2n) is 3.98. The fourth-order valence-electron chi connectivity index (χ4n) is 1.72. The van der Waals surface area contributed by atoms with Crippen molar-refractivity contribution in [2.24, 2.45) is 0 Å². The van der Waals surface area contributed by atoms with Crippen LogP contribution in [0.25, 0.3) is 0 Å². The Hall–Kier alpha value is -1.11. The molecule has 1 N–H and O–H groups in total. The minimum absolute atomic E-state index is 0.586. The average molecular weight is 296 g/mol. The van der Waals surface area contributed by atoms with E-state index in [1.807, 2.05) is 25.1 Å². The third kappa shape index (κ3) is 3.26. The molecule has 102 valence electrons. The molecule has 1 atom stereocenters. The average Bonchev–Trinajstić information content (AvgIpc) is 2.85. The Labute approximate surface area is 121 Å². The SMILES string of the molecule is CCc1nsc(Sc2cccc(OC)c2[C@@H](C)O)n1. The van der Waals surface area contributed by atoms with Gasteiger partial charge in [-0.25, -0.2) is 4.98 Å². The third-order valence-corrected chi connectivity index (χ3v) is 4.49. The number of benzene rings is 1.